The van der Waals surface area contributed by atoms with Gasteiger partial charge in [-0.2, -0.15) is 5.10 Å². The molecule has 0 aliphatic rings. The number of rotatable bonds is 6. The van der Waals surface area contributed by atoms with Crippen molar-refractivity contribution in [2.45, 2.75) is 59.5 Å². The monoisotopic (exact) mass is 290 g/mol. The van der Waals surface area contributed by atoms with Crippen LogP contribution in [0.4, 0.5) is 0 Å². The first-order chi connectivity index (χ1) is 9.89. The Morgan fingerprint density at radius 2 is 2.10 bits per heavy atom. The summed E-state index contributed by atoms with van der Waals surface area (Å²) in [5.74, 6) is 1.60. The first-order valence-electron chi connectivity index (χ1n) is 7.63. The smallest absolute Gasteiger partial charge is 0.195 e. The Morgan fingerprint density at radius 3 is 2.76 bits per heavy atom. The van der Waals surface area contributed by atoms with Crippen molar-refractivity contribution >= 4 is 0 Å². The van der Waals surface area contributed by atoms with Gasteiger partial charge in [0.15, 0.2) is 11.7 Å². The van der Waals surface area contributed by atoms with Crippen LogP contribution in [0.3, 0.4) is 0 Å². The minimum Gasteiger partial charge on any atom is -0.439 e. The van der Waals surface area contributed by atoms with Crippen molar-refractivity contribution < 1.29 is 4.42 Å². The van der Waals surface area contributed by atoms with Gasteiger partial charge < -0.3 is 9.73 Å². The van der Waals surface area contributed by atoms with Crippen LogP contribution in [-0.2, 0) is 13.0 Å². The highest BCUT2D eigenvalue weighted by atomic mass is 16.4. The number of aromatic nitrogens is 3. The molecule has 5 nitrogen and oxygen atoms in total. The largest absolute Gasteiger partial charge is 0.439 e. The maximum atomic E-state index is 5.86. The Bertz CT molecular complexity index is 577. The minimum atomic E-state index is 0.160. The molecular formula is C16H26N4O. The summed E-state index contributed by atoms with van der Waals surface area (Å²) in [4.78, 5) is 4.38. The van der Waals surface area contributed by atoms with Crippen LogP contribution in [0, 0.1) is 6.92 Å². The molecule has 116 valence electrons. The Hall–Kier alpha value is -1.62. The highest BCUT2D eigenvalue weighted by Gasteiger charge is 2.13. The van der Waals surface area contributed by atoms with E-state index >= 15 is 0 Å². The third-order valence-electron chi connectivity index (χ3n) is 3.23. The van der Waals surface area contributed by atoms with Crippen molar-refractivity contribution in [3.8, 4) is 11.5 Å². The number of oxazole rings is 1. The Balaban J connectivity index is 1.95. The molecule has 0 saturated heterocycles. The second-order valence-corrected chi connectivity index (χ2v) is 6.39. The lowest BCUT2D eigenvalue weighted by Gasteiger charge is -2.19. The zero-order valence-electron chi connectivity index (χ0n) is 13.7. The summed E-state index contributed by atoms with van der Waals surface area (Å²) in [5, 5.41) is 7.90. The summed E-state index contributed by atoms with van der Waals surface area (Å²) in [6.45, 7) is 12.4. The maximum absolute atomic E-state index is 5.86. The van der Waals surface area contributed by atoms with Gasteiger partial charge in [0.2, 0.25) is 0 Å². The van der Waals surface area contributed by atoms with Crippen LogP contribution in [-0.4, -0.2) is 26.8 Å². The first-order valence-corrected chi connectivity index (χ1v) is 7.63. The average molecular weight is 290 g/mol. The van der Waals surface area contributed by atoms with Gasteiger partial charge in [0.05, 0.1) is 11.9 Å². The lowest BCUT2D eigenvalue weighted by Crippen LogP contribution is -2.36. The van der Waals surface area contributed by atoms with E-state index in [-0.39, 0.29) is 5.54 Å². The van der Waals surface area contributed by atoms with Gasteiger partial charge in [-0.15, -0.1) is 0 Å². The second kappa shape index (κ2) is 6.43. The van der Waals surface area contributed by atoms with Gasteiger partial charge in [-0.25, -0.2) is 4.98 Å². The summed E-state index contributed by atoms with van der Waals surface area (Å²) in [7, 11) is 0. The van der Waals surface area contributed by atoms with Crippen molar-refractivity contribution in [3.05, 3.63) is 23.8 Å². The summed E-state index contributed by atoms with van der Waals surface area (Å²) in [6.07, 6.45) is 3.67. The van der Waals surface area contributed by atoms with E-state index in [0.29, 0.717) is 0 Å². The molecule has 0 amide bonds. The molecule has 0 bridgehead atoms. The van der Waals surface area contributed by atoms with Gasteiger partial charge in [-0.05, 0) is 53.7 Å². The Labute approximate surface area is 126 Å². The minimum absolute atomic E-state index is 0.160. The molecule has 2 aromatic rings. The highest BCUT2D eigenvalue weighted by Crippen LogP contribution is 2.22. The van der Waals surface area contributed by atoms with Gasteiger partial charge in [0, 0.05) is 18.5 Å². The molecular weight excluding hydrogens is 264 g/mol. The van der Waals surface area contributed by atoms with Crippen LogP contribution in [0.2, 0.25) is 0 Å². The molecule has 0 radical (unpaired) electrons. The Morgan fingerprint density at radius 1 is 1.33 bits per heavy atom. The van der Waals surface area contributed by atoms with Crippen molar-refractivity contribution in [3.63, 3.8) is 0 Å². The van der Waals surface area contributed by atoms with E-state index in [4.69, 9.17) is 4.42 Å². The van der Waals surface area contributed by atoms with Gasteiger partial charge in [-0.1, -0.05) is 0 Å². The molecule has 2 rings (SSSR count). The van der Waals surface area contributed by atoms with Crippen LogP contribution < -0.4 is 5.32 Å². The van der Waals surface area contributed by atoms with Crippen LogP contribution >= 0.6 is 0 Å². The predicted molar refractivity (Wildman–Crippen MR) is 84.2 cm³/mol. The van der Waals surface area contributed by atoms with Crippen molar-refractivity contribution in [2.24, 2.45) is 0 Å². The summed E-state index contributed by atoms with van der Waals surface area (Å²) >= 11 is 0. The van der Waals surface area contributed by atoms with Crippen LogP contribution in [0.1, 0.15) is 45.7 Å². The molecule has 2 heterocycles. The number of hydrogen-bond donors (Lipinski definition) is 1. The quantitative estimate of drug-likeness (QED) is 0.830. The van der Waals surface area contributed by atoms with Gasteiger partial charge >= 0.3 is 0 Å². The average Bonchev–Trinajstić information content (AvgIpc) is 2.99. The van der Waals surface area contributed by atoms with E-state index in [2.05, 4.69) is 43.1 Å². The topological polar surface area (TPSA) is 55.9 Å². The molecule has 21 heavy (non-hydrogen) atoms. The number of aryl methyl sites for hydroxylation is 3. The standard InChI is InChI=1S/C16H26N4O/c1-6-20-13(10-12(2)19-20)14-11-17-15(21-14)8-7-9-18-16(3,4)5/h10-11,18H,6-9H2,1-5H3. The number of nitrogens with zero attached hydrogens (tertiary/aromatic N) is 3. The predicted octanol–water partition coefficient (Wildman–Crippen LogP) is 3.19. The van der Waals surface area contributed by atoms with Crippen LogP contribution in [0.25, 0.3) is 11.5 Å². The zero-order chi connectivity index (χ0) is 15.5. The third-order valence-corrected chi connectivity index (χ3v) is 3.23. The second-order valence-electron chi connectivity index (χ2n) is 6.39. The van der Waals surface area contributed by atoms with Crippen molar-refractivity contribution in [2.75, 3.05) is 6.54 Å². The van der Waals surface area contributed by atoms with Gasteiger partial charge in [-0.3, -0.25) is 4.68 Å². The number of nitrogens with one attached hydrogen (secondary N) is 1. The fourth-order valence-electron chi connectivity index (χ4n) is 2.23. The van der Waals surface area contributed by atoms with Gasteiger partial charge in [0.25, 0.3) is 0 Å². The van der Waals surface area contributed by atoms with Crippen molar-refractivity contribution in [1.29, 1.82) is 0 Å². The van der Waals surface area contributed by atoms with E-state index in [1.54, 1.807) is 6.20 Å². The zero-order valence-corrected chi connectivity index (χ0v) is 13.7. The van der Waals surface area contributed by atoms with E-state index in [1.807, 2.05) is 17.7 Å². The third kappa shape index (κ3) is 4.43. The Kier molecular flexibility index (Phi) is 4.83. The van der Waals surface area contributed by atoms with E-state index in [0.717, 1.165) is 49.0 Å². The molecule has 5 heteroatoms. The molecule has 0 aliphatic heterocycles. The normalized spacial score (nSPS) is 12.0. The molecule has 0 spiro atoms. The molecule has 0 atom stereocenters. The number of hydrogen-bond acceptors (Lipinski definition) is 4. The van der Waals surface area contributed by atoms with Crippen LogP contribution in [0.5, 0.6) is 0 Å². The molecule has 0 saturated carbocycles. The highest BCUT2D eigenvalue weighted by molar-refractivity contribution is 5.51. The molecule has 0 unspecified atom stereocenters. The maximum Gasteiger partial charge on any atom is 0.195 e. The fraction of sp³-hybridized carbons (Fsp3) is 0.625. The van der Waals surface area contributed by atoms with Gasteiger partial charge in [0.1, 0.15) is 5.69 Å². The molecule has 0 fully saturated rings. The lowest BCUT2D eigenvalue weighted by atomic mass is 10.1. The lowest BCUT2D eigenvalue weighted by molar-refractivity contribution is 0.412. The SMILES string of the molecule is CCn1nc(C)cc1-c1cnc(CCCNC(C)(C)C)o1. The fourth-order valence-corrected chi connectivity index (χ4v) is 2.23. The van der Waals surface area contributed by atoms with E-state index < -0.39 is 0 Å². The molecule has 2 aromatic heterocycles. The summed E-state index contributed by atoms with van der Waals surface area (Å²) < 4.78 is 7.80. The molecule has 0 aromatic carbocycles. The summed E-state index contributed by atoms with van der Waals surface area (Å²) in [6, 6.07) is 2.04. The van der Waals surface area contributed by atoms with Crippen molar-refractivity contribution in [1.82, 2.24) is 20.1 Å². The molecule has 1 N–H and O–H groups in total. The summed E-state index contributed by atoms with van der Waals surface area (Å²) in [5.41, 5.74) is 2.16. The van der Waals surface area contributed by atoms with Crippen LogP contribution in [0.15, 0.2) is 16.7 Å². The first kappa shape index (κ1) is 15.8. The van der Waals surface area contributed by atoms with E-state index in [9.17, 15) is 0 Å². The van der Waals surface area contributed by atoms with E-state index in [1.165, 1.54) is 0 Å². The molecule has 0 aliphatic carbocycles.